The fourth-order valence-corrected chi connectivity index (χ4v) is 3.57. The average Bonchev–Trinajstić information content (AvgIpc) is 3.08. The summed E-state index contributed by atoms with van der Waals surface area (Å²) in [6, 6.07) is 0. The molecule has 0 aliphatic carbocycles. The maximum absolute atomic E-state index is 4.51. The molecule has 0 amide bonds. The van der Waals surface area contributed by atoms with Gasteiger partial charge in [-0.1, -0.05) is 6.92 Å². The number of anilines is 1. The minimum Gasteiger partial charge on any atom is -0.359 e. The van der Waals surface area contributed by atoms with Gasteiger partial charge in [0.25, 0.3) is 0 Å². The van der Waals surface area contributed by atoms with Gasteiger partial charge in [-0.3, -0.25) is 4.68 Å². The van der Waals surface area contributed by atoms with Gasteiger partial charge in [-0.15, -0.1) is 0 Å². The standard InChI is InChI=1S/C16H26N6/c1-12(10-22-7-5-6-8-22)9-20(3)15-14-13(2)19-21(4)16(14)18-11-17-15/h11-12H,5-10H2,1-4H3/t12-/m0/s1. The van der Waals surface area contributed by atoms with Gasteiger partial charge < -0.3 is 9.80 Å². The van der Waals surface area contributed by atoms with Crippen LogP contribution in [0.15, 0.2) is 6.33 Å². The van der Waals surface area contributed by atoms with E-state index in [9.17, 15) is 0 Å². The van der Waals surface area contributed by atoms with E-state index < -0.39 is 0 Å². The Morgan fingerprint density at radius 1 is 1.27 bits per heavy atom. The predicted octanol–water partition coefficient (Wildman–Crippen LogP) is 1.84. The van der Waals surface area contributed by atoms with E-state index in [1.165, 1.54) is 32.5 Å². The molecule has 0 bridgehead atoms. The molecule has 0 radical (unpaired) electrons. The van der Waals surface area contributed by atoms with Crippen molar-refractivity contribution in [1.29, 1.82) is 0 Å². The van der Waals surface area contributed by atoms with Crippen LogP contribution in [0.2, 0.25) is 0 Å². The Labute approximate surface area is 132 Å². The molecular formula is C16H26N6. The first-order chi connectivity index (χ1) is 10.6. The van der Waals surface area contributed by atoms with Crippen LogP contribution in [0.5, 0.6) is 0 Å². The monoisotopic (exact) mass is 302 g/mol. The Bertz CT molecular complexity index is 643. The first-order valence-electron chi connectivity index (χ1n) is 8.14. The topological polar surface area (TPSA) is 50.1 Å². The van der Waals surface area contributed by atoms with Crippen molar-refractivity contribution in [2.45, 2.75) is 26.7 Å². The molecule has 0 spiro atoms. The number of rotatable bonds is 5. The van der Waals surface area contributed by atoms with Crippen LogP contribution in [0.1, 0.15) is 25.5 Å². The molecule has 22 heavy (non-hydrogen) atoms. The highest BCUT2D eigenvalue weighted by Crippen LogP contribution is 2.25. The van der Waals surface area contributed by atoms with Crippen LogP contribution < -0.4 is 4.90 Å². The van der Waals surface area contributed by atoms with Crippen LogP contribution in [-0.2, 0) is 7.05 Å². The first kappa shape index (κ1) is 15.2. The molecule has 0 N–H and O–H groups in total. The highest BCUT2D eigenvalue weighted by atomic mass is 15.3. The van der Waals surface area contributed by atoms with E-state index in [4.69, 9.17) is 0 Å². The second-order valence-electron chi connectivity index (χ2n) is 6.60. The molecule has 1 atom stereocenters. The van der Waals surface area contributed by atoms with E-state index in [1.807, 2.05) is 18.7 Å². The third-order valence-electron chi connectivity index (χ3n) is 4.49. The van der Waals surface area contributed by atoms with Crippen LogP contribution in [-0.4, -0.2) is 57.9 Å². The fourth-order valence-electron chi connectivity index (χ4n) is 3.57. The summed E-state index contributed by atoms with van der Waals surface area (Å²) in [7, 11) is 4.05. The van der Waals surface area contributed by atoms with Crippen molar-refractivity contribution in [2.24, 2.45) is 13.0 Å². The highest BCUT2D eigenvalue weighted by molar-refractivity contribution is 5.89. The second kappa shape index (κ2) is 6.20. The Balaban J connectivity index is 1.75. The second-order valence-corrected chi connectivity index (χ2v) is 6.60. The van der Waals surface area contributed by atoms with Crippen LogP contribution in [0, 0.1) is 12.8 Å². The molecule has 1 aliphatic heterocycles. The summed E-state index contributed by atoms with van der Waals surface area (Å²) >= 11 is 0. The van der Waals surface area contributed by atoms with Gasteiger partial charge in [-0.05, 0) is 38.8 Å². The molecule has 1 fully saturated rings. The lowest BCUT2D eigenvalue weighted by Gasteiger charge is -2.26. The van der Waals surface area contributed by atoms with Crippen molar-refractivity contribution in [1.82, 2.24) is 24.6 Å². The Morgan fingerprint density at radius 2 is 2.00 bits per heavy atom. The molecule has 0 saturated carbocycles. The number of aryl methyl sites for hydroxylation is 2. The lowest BCUT2D eigenvalue weighted by Crippen LogP contribution is -2.33. The van der Waals surface area contributed by atoms with E-state index in [2.05, 4.69) is 38.8 Å². The van der Waals surface area contributed by atoms with Crippen LogP contribution in [0.4, 0.5) is 5.82 Å². The quantitative estimate of drug-likeness (QED) is 0.843. The SMILES string of the molecule is Cc1nn(C)c2ncnc(N(C)C[C@H](C)CN3CCCC3)c12. The largest absolute Gasteiger partial charge is 0.359 e. The summed E-state index contributed by atoms with van der Waals surface area (Å²) in [6.07, 6.45) is 4.34. The third-order valence-corrected chi connectivity index (χ3v) is 4.49. The van der Waals surface area contributed by atoms with Crippen LogP contribution in [0.3, 0.4) is 0 Å². The van der Waals surface area contributed by atoms with Crippen molar-refractivity contribution in [3.8, 4) is 0 Å². The Morgan fingerprint density at radius 3 is 2.73 bits per heavy atom. The van der Waals surface area contributed by atoms with Crippen molar-refractivity contribution in [2.75, 3.05) is 38.1 Å². The van der Waals surface area contributed by atoms with Crippen molar-refractivity contribution < 1.29 is 0 Å². The number of likely N-dealkylation sites (tertiary alicyclic amines) is 1. The van der Waals surface area contributed by atoms with Crippen molar-refractivity contribution in [3.05, 3.63) is 12.0 Å². The fraction of sp³-hybridized carbons (Fsp3) is 0.688. The molecule has 6 heteroatoms. The minimum absolute atomic E-state index is 0.616. The lowest BCUT2D eigenvalue weighted by molar-refractivity contribution is 0.290. The molecule has 120 valence electrons. The highest BCUT2D eigenvalue weighted by Gasteiger charge is 2.19. The van der Waals surface area contributed by atoms with Gasteiger partial charge in [0.15, 0.2) is 5.65 Å². The zero-order chi connectivity index (χ0) is 15.7. The molecule has 3 rings (SSSR count). The molecule has 0 aromatic carbocycles. The van der Waals surface area contributed by atoms with Gasteiger partial charge in [-0.25, -0.2) is 9.97 Å². The number of nitrogens with zero attached hydrogens (tertiary/aromatic N) is 6. The van der Waals surface area contributed by atoms with E-state index in [0.29, 0.717) is 5.92 Å². The number of fused-ring (bicyclic) bond motifs is 1. The van der Waals surface area contributed by atoms with Gasteiger partial charge >= 0.3 is 0 Å². The predicted molar refractivity (Wildman–Crippen MR) is 89.1 cm³/mol. The normalized spacial score (nSPS) is 17.3. The maximum Gasteiger partial charge on any atom is 0.163 e. The summed E-state index contributed by atoms with van der Waals surface area (Å²) < 4.78 is 1.83. The summed E-state index contributed by atoms with van der Waals surface area (Å²) in [4.78, 5) is 13.7. The van der Waals surface area contributed by atoms with E-state index in [0.717, 1.165) is 29.1 Å². The van der Waals surface area contributed by atoms with Crippen LogP contribution >= 0.6 is 0 Å². The number of hydrogen-bond acceptors (Lipinski definition) is 5. The molecule has 1 aliphatic rings. The van der Waals surface area contributed by atoms with Gasteiger partial charge in [0, 0.05) is 27.2 Å². The molecule has 1 saturated heterocycles. The summed E-state index contributed by atoms with van der Waals surface area (Å²) in [5, 5.41) is 5.55. The minimum atomic E-state index is 0.616. The molecular weight excluding hydrogens is 276 g/mol. The van der Waals surface area contributed by atoms with E-state index in [1.54, 1.807) is 6.33 Å². The lowest BCUT2D eigenvalue weighted by atomic mass is 10.1. The van der Waals surface area contributed by atoms with E-state index >= 15 is 0 Å². The Hall–Kier alpha value is -1.69. The van der Waals surface area contributed by atoms with E-state index in [-0.39, 0.29) is 0 Å². The van der Waals surface area contributed by atoms with Gasteiger partial charge in [0.2, 0.25) is 0 Å². The third kappa shape index (κ3) is 2.92. The van der Waals surface area contributed by atoms with Gasteiger partial charge in [-0.2, -0.15) is 5.10 Å². The number of aromatic nitrogens is 4. The zero-order valence-corrected chi connectivity index (χ0v) is 14.1. The smallest absolute Gasteiger partial charge is 0.163 e. The summed E-state index contributed by atoms with van der Waals surface area (Å²) in [5.41, 5.74) is 1.90. The Kier molecular flexibility index (Phi) is 4.29. The molecule has 6 nitrogen and oxygen atoms in total. The molecule has 3 heterocycles. The van der Waals surface area contributed by atoms with Crippen molar-refractivity contribution >= 4 is 16.9 Å². The van der Waals surface area contributed by atoms with Gasteiger partial charge in [0.1, 0.15) is 12.1 Å². The molecule has 2 aromatic heterocycles. The zero-order valence-electron chi connectivity index (χ0n) is 14.1. The van der Waals surface area contributed by atoms with Crippen LogP contribution in [0.25, 0.3) is 11.0 Å². The van der Waals surface area contributed by atoms with Gasteiger partial charge in [0.05, 0.1) is 11.1 Å². The summed E-state index contributed by atoms with van der Waals surface area (Å²) in [5.74, 6) is 1.61. The summed E-state index contributed by atoms with van der Waals surface area (Å²) in [6.45, 7) is 9.03. The molecule has 0 unspecified atom stereocenters. The van der Waals surface area contributed by atoms with Crippen molar-refractivity contribution in [3.63, 3.8) is 0 Å². The molecule has 2 aromatic rings. The number of hydrogen-bond donors (Lipinski definition) is 0. The average molecular weight is 302 g/mol. The maximum atomic E-state index is 4.51. The first-order valence-corrected chi connectivity index (χ1v) is 8.14.